The molecule has 1 atom stereocenters. The average molecular weight is 437 g/mol. The Kier molecular flexibility index (Phi) is 6.51. The summed E-state index contributed by atoms with van der Waals surface area (Å²) in [5.41, 5.74) is 1.49. The number of carbonyl (C=O) groups excluding carboxylic acids is 1. The van der Waals surface area contributed by atoms with Gasteiger partial charge in [-0.05, 0) is 62.6 Å². The van der Waals surface area contributed by atoms with E-state index in [1.165, 1.54) is 17.5 Å². The smallest absolute Gasteiger partial charge is 0.255 e. The summed E-state index contributed by atoms with van der Waals surface area (Å²) in [6.45, 7) is 4.20. The average Bonchev–Trinajstić information content (AvgIpc) is 2.68. The maximum atomic E-state index is 13.1. The number of hydrogen-bond donors (Lipinski definition) is 1. The van der Waals surface area contributed by atoms with Crippen LogP contribution in [0, 0.1) is 6.92 Å². The summed E-state index contributed by atoms with van der Waals surface area (Å²) in [6, 6.07) is 9.55. The Morgan fingerprint density at radius 3 is 2.62 bits per heavy atom. The van der Waals surface area contributed by atoms with E-state index in [-0.39, 0.29) is 10.9 Å². The number of amides is 1. The summed E-state index contributed by atoms with van der Waals surface area (Å²) in [7, 11) is -2.15. The number of rotatable bonds is 5. The summed E-state index contributed by atoms with van der Waals surface area (Å²) >= 11 is 6.11. The van der Waals surface area contributed by atoms with Crippen LogP contribution in [0.25, 0.3) is 0 Å². The molecule has 0 aromatic heterocycles. The molecule has 1 unspecified atom stereocenters. The lowest BCUT2D eigenvalue weighted by Crippen LogP contribution is -2.42. The van der Waals surface area contributed by atoms with Gasteiger partial charge in [0.2, 0.25) is 10.0 Å². The monoisotopic (exact) mass is 436 g/mol. The third-order valence-electron chi connectivity index (χ3n) is 5.21. The summed E-state index contributed by atoms with van der Waals surface area (Å²) < 4.78 is 32.9. The zero-order valence-electron chi connectivity index (χ0n) is 16.7. The van der Waals surface area contributed by atoms with E-state index < -0.39 is 15.9 Å². The molecule has 0 bridgehead atoms. The quantitative estimate of drug-likeness (QED) is 0.750. The van der Waals surface area contributed by atoms with E-state index >= 15 is 0 Å². The molecule has 1 aliphatic heterocycles. The number of anilines is 1. The fourth-order valence-electron chi connectivity index (χ4n) is 3.51. The number of ether oxygens (including phenoxy) is 1. The van der Waals surface area contributed by atoms with E-state index in [9.17, 15) is 13.2 Å². The number of hydrogen-bond acceptors (Lipinski definition) is 4. The number of nitrogens with one attached hydrogen (secondary N) is 1. The molecule has 3 rings (SSSR count). The van der Waals surface area contributed by atoms with Crippen molar-refractivity contribution in [2.24, 2.45) is 0 Å². The van der Waals surface area contributed by atoms with E-state index in [0.717, 1.165) is 19.3 Å². The van der Waals surface area contributed by atoms with Crippen molar-refractivity contribution < 1.29 is 17.9 Å². The van der Waals surface area contributed by atoms with Crippen LogP contribution in [-0.4, -0.2) is 38.3 Å². The molecular weight excluding hydrogens is 412 g/mol. The normalized spacial score (nSPS) is 17.7. The molecule has 1 aliphatic rings. The summed E-state index contributed by atoms with van der Waals surface area (Å²) in [5, 5.41) is 3.14. The zero-order chi connectivity index (χ0) is 21.2. The third-order valence-corrected chi connectivity index (χ3v) is 7.52. The molecule has 0 aliphatic carbocycles. The molecule has 6 nitrogen and oxygen atoms in total. The lowest BCUT2D eigenvalue weighted by Gasteiger charge is -2.32. The lowest BCUT2D eigenvalue weighted by atomic mass is 10.1. The molecule has 0 spiro atoms. The van der Waals surface area contributed by atoms with Gasteiger partial charge in [-0.1, -0.05) is 24.1 Å². The lowest BCUT2D eigenvalue weighted by molar-refractivity contribution is 0.102. The second kappa shape index (κ2) is 8.73. The molecule has 1 heterocycles. The molecule has 1 saturated heterocycles. The highest BCUT2D eigenvalue weighted by Gasteiger charge is 2.31. The predicted octanol–water partition coefficient (Wildman–Crippen LogP) is 4.47. The third kappa shape index (κ3) is 4.57. The van der Waals surface area contributed by atoms with Gasteiger partial charge in [0.25, 0.3) is 5.91 Å². The first-order valence-electron chi connectivity index (χ1n) is 9.51. The minimum atomic E-state index is -3.66. The molecule has 156 valence electrons. The number of aryl methyl sites for hydroxylation is 1. The predicted molar refractivity (Wildman–Crippen MR) is 114 cm³/mol. The first-order chi connectivity index (χ1) is 13.7. The Balaban J connectivity index is 1.88. The van der Waals surface area contributed by atoms with Gasteiger partial charge in [0.15, 0.2) is 0 Å². The maximum absolute atomic E-state index is 13.1. The van der Waals surface area contributed by atoms with E-state index in [1.54, 1.807) is 37.3 Å². The molecule has 1 fully saturated rings. The van der Waals surface area contributed by atoms with Crippen molar-refractivity contribution in [1.29, 1.82) is 0 Å². The van der Waals surface area contributed by atoms with E-state index in [2.05, 4.69) is 5.32 Å². The zero-order valence-corrected chi connectivity index (χ0v) is 18.3. The Labute approximate surface area is 176 Å². The van der Waals surface area contributed by atoms with Gasteiger partial charge in [0.1, 0.15) is 5.75 Å². The van der Waals surface area contributed by atoms with Crippen molar-refractivity contribution >= 4 is 33.2 Å². The Bertz CT molecular complexity index is 1020. The molecule has 0 radical (unpaired) electrons. The van der Waals surface area contributed by atoms with Crippen LogP contribution in [0.3, 0.4) is 0 Å². The first-order valence-corrected chi connectivity index (χ1v) is 11.3. The van der Waals surface area contributed by atoms with Crippen molar-refractivity contribution in [3.63, 3.8) is 0 Å². The van der Waals surface area contributed by atoms with Gasteiger partial charge in [-0.3, -0.25) is 4.79 Å². The number of piperidine rings is 1. The molecule has 0 saturated carbocycles. The van der Waals surface area contributed by atoms with Gasteiger partial charge in [0, 0.05) is 23.8 Å². The first kappa shape index (κ1) is 21.6. The molecule has 2 aromatic carbocycles. The molecule has 1 N–H and O–H groups in total. The number of nitrogens with zero attached hydrogens (tertiary/aromatic N) is 1. The van der Waals surface area contributed by atoms with E-state index in [0.29, 0.717) is 34.1 Å². The van der Waals surface area contributed by atoms with Crippen molar-refractivity contribution in [2.45, 2.75) is 44.0 Å². The number of halogens is 1. The van der Waals surface area contributed by atoms with E-state index in [1.807, 2.05) is 6.92 Å². The highest BCUT2D eigenvalue weighted by Crippen LogP contribution is 2.29. The molecular formula is C21H25ClN2O4S. The topological polar surface area (TPSA) is 75.7 Å². The minimum absolute atomic E-state index is 0.0474. The second-order valence-electron chi connectivity index (χ2n) is 7.24. The standard InChI is InChI=1S/C21H25ClN2O4S/c1-14-7-9-17(29(26,27)24-11-5-4-6-15(24)2)13-18(14)21(25)23-16-8-10-20(28-3)19(22)12-16/h7-10,12-13,15H,4-6,11H2,1-3H3,(H,23,25). The Hall–Kier alpha value is -2.09. The van der Waals surface area contributed by atoms with Crippen molar-refractivity contribution in [3.05, 3.63) is 52.5 Å². The fraction of sp³-hybridized carbons (Fsp3) is 0.381. The number of benzene rings is 2. The summed E-state index contributed by atoms with van der Waals surface area (Å²) in [5.74, 6) is 0.108. The maximum Gasteiger partial charge on any atom is 0.255 e. The van der Waals surface area contributed by atoms with Crippen LogP contribution in [-0.2, 0) is 10.0 Å². The number of methoxy groups -OCH3 is 1. The van der Waals surface area contributed by atoms with Gasteiger partial charge >= 0.3 is 0 Å². The molecule has 29 heavy (non-hydrogen) atoms. The largest absolute Gasteiger partial charge is 0.495 e. The molecule has 8 heteroatoms. The van der Waals surface area contributed by atoms with Crippen LogP contribution >= 0.6 is 11.6 Å². The van der Waals surface area contributed by atoms with Crippen molar-refractivity contribution in [1.82, 2.24) is 4.31 Å². The highest BCUT2D eigenvalue weighted by atomic mass is 35.5. The molecule has 1 amide bonds. The van der Waals surface area contributed by atoms with Crippen LogP contribution in [0.15, 0.2) is 41.3 Å². The van der Waals surface area contributed by atoms with E-state index in [4.69, 9.17) is 16.3 Å². The van der Waals surface area contributed by atoms with Gasteiger partial charge in [-0.25, -0.2) is 8.42 Å². The van der Waals surface area contributed by atoms with Gasteiger partial charge in [-0.2, -0.15) is 4.31 Å². The minimum Gasteiger partial charge on any atom is -0.495 e. The summed E-state index contributed by atoms with van der Waals surface area (Å²) in [6.07, 6.45) is 2.72. The second-order valence-corrected chi connectivity index (χ2v) is 9.54. The Morgan fingerprint density at radius 2 is 1.97 bits per heavy atom. The van der Waals surface area contributed by atoms with Crippen LogP contribution in [0.4, 0.5) is 5.69 Å². The van der Waals surface area contributed by atoms with Crippen LogP contribution < -0.4 is 10.1 Å². The summed E-state index contributed by atoms with van der Waals surface area (Å²) in [4.78, 5) is 13.0. The van der Waals surface area contributed by atoms with Gasteiger partial charge in [0.05, 0.1) is 17.0 Å². The van der Waals surface area contributed by atoms with Crippen molar-refractivity contribution in [3.8, 4) is 5.75 Å². The van der Waals surface area contributed by atoms with Gasteiger partial charge in [-0.15, -0.1) is 0 Å². The molecule has 2 aromatic rings. The fourth-order valence-corrected chi connectivity index (χ4v) is 5.50. The SMILES string of the molecule is COc1ccc(NC(=O)c2cc(S(=O)(=O)N3CCCCC3C)ccc2C)cc1Cl. The van der Waals surface area contributed by atoms with Crippen LogP contribution in [0.1, 0.15) is 42.1 Å². The van der Waals surface area contributed by atoms with Crippen molar-refractivity contribution in [2.75, 3.05) is 19.0 Å². The highest BCUT2D eigenvalue weighted by molar-refractivity contribution is 7.89. The number of sulfonamides is 1. The van der Waals surface area contributed by atoms with Gasteiger partial charge < -0.3 is 10.1 Å². The van der Waals surface area contributed by atoms with Crippen LogP contribution in [0.5, 0.6) is 5.75 Å². The Morgan fingerprint density at radius 1 is 1.21 bits per heavy atom. The van der Waals surface area contributed by atoms with Crippen LogP contribution in [0.2, 0.25) is 5.02 Å². The number of carbonyl (C=O) groups is 1.